The lowest BCUT2D eigenvalue weighted by molar-refractivity contribution is -0.870. The highest BCUT2D eigenvalue weighted by Gasteiger charge is 2.22. The van der Waals surface area contributed by atoms with Crippen LogP contribution in [0.15, 0.2) is 134 Å². The molecule has 0 aliphatic rings. The first-order chi connectivity index (χ1) is 42.0. The van der Waals surface area contributed by atoms with Crippen LogP contribution in [0.5, 0.6) is 0 Å². The summed E-state index contributed by atoms with van der Waals surface area (Å²) in [5.74, 6) is -0.901. The lowest BCUT2D eigenvalue weighted by Crippen LogP contribution is -2.37. The summed E-state index contributed by atoms with van der Waals surface area (Å²) in [7, 11) is 1.12. The minimum atomic E-state index is -4.66. The smallest absolute Gasteiger partial charge is 0.306 e. The number of nitrogens with zero attached hydrogens (tertiary/aromatic N) is 1. The number of unbranched alkanes of at least 4 members (excludes halogenated alkanes) is 27. The van der Waals surface area contributed by atoms with E-state index < -0.39 is 32.5 Å². The second-order valence-corrected chi connectivity index (χ2v) is 25.5. The number of rotatable bonds is 63. The summed E-state index contributed by atoms with van der Waals surface area (Å²) in [4.78, 5) is 38.0. The topological polar surface area (TPSA) is 111 Å². The van der Waals surface area contributed by atoms with Crippen LogP contribution in [0.4, 0.5) is 0 Å². The van der Waals surface area contributed by atoms with Crippen LogP contribution in [0.25, 0.3) is 0 Å². The summed E-state index contributed by atoms with van der Waals surface area (Å²) in [5, 5.41) is 0. The van der Waals surface area contributed by atoms with E-state index in [2.05, 4.69) is 141 Å². The van der Waals surface area contributed by atoms with Crippen molar-refractivity contribution in [1.29, 1.82) is 0 Å². The number of likely N-dealkylation sites (N-methyl/N-ethyl adjacent to an activating group) is 1. The van der Waals surface area contributed by atoms with Crippen molar-refractivity contribution in [2.45, 2.75) is 290 Å². The first kappa shape index (κ1) is 82.1. The van der Waals surface area contributed by atoms with E-state index in [0.29, 0.717) is 23.9 Å². The average molecular weight is 1220 g/mol. The van der Waals surface area contributed by atoms with Crippen LogP contribution in [0, 0.1) is 0 Å². The molecule has 0 spiro atoms. The fraction of sp³-hybridized carbons (Fsp3) is 0.684. The van der Waals surface area contributed by atoms with Crippen LogP contribution >= 0.6 is 7.82 Å². The molecule has 0 aromatic carbocycles. The zero-order chi connectivity index (χ0) is 62.6. The Morgan fingerprint density at radius 1 is 0.360 bits per heavy atom. The Hall–Kier alpha value is -3.85. The van der Waals surface area contributed by atoms with E-state index in [1.807, 2.05) is 27.2 Å². The zero-order valence-electron chi connectivity index (χ0n) is 56.0. The van der Waals surface area contributed by atoms with Crippen molar-refractivity contribution < 1.29 is 42.1 Å². The molecule has 0 aliphatic heterocycles. The predicted octanol–water partition coefficient (Wildman–Crippen LogP) is 22.2. The van der Waals surface area contributed by atoms with Gasteiger partial charge >= 0.3 is 11.9 Å². The van der Waals surface area contributed by atoms with Crippen LogP contribution in [0.2, 0.25) is 0 Å². The molecule has 0 heterocycles. The second-order valence-electron chi connectivity index (χ2n) is 24.1. The van der Waals surface area contributed by atoms with Crippen molar-refractivity contribution in [1.82, 2.24) is 0 Å². The highest BCUT2D eigenvalue weighted by molar-refractivity contribution is 7.45. The number of ether oxygens (including phenoxy) is 2. The van der Waals surface area contributed by atoms with Gasteiger partial charge in [-0.15, -0.1) is 0 Å². The second kappa shape index (κ2) is 65.6. The molecular formula is C76H130NO8P. The highest BCUT2D eigenvalue weighted by atomic mass is 31.2. The number of phosphoric acid groups is 1. The SMILES string of the molecule is CC/C=C\C/C=C\C/C=C\C/C=C\C/C=C\C/C=C\C/C=C\CCCC(=O)OC(COC(=O)CCCCCCCCCCCCCCCCCCCCCCCCCCCC/C=C\C/C=C\C/C=C\C/C=C\CC)COP(=O)([O-])OCC[N+](C)(C)C. The van der Waals surface area contributed by atoms with Gasteiger partial charge in [-0.2, -0.15) is 0 Å². The van der Waals surface area contributed by atoms with E-state index in [4.69, 9.17) is 18.5 Å². The van der Waals surface area contributed by atoms with Crippen molar-refractivity contribution in [3.8, 4) is 0 Å². The maximum absolute atomic E-state index is 12.8. The molecule has 0 saturated heterocycles. The maximum Gasteiger partial charge on any atom is 0.306 e. The van der Waals surface area contributed by atoms with Gasteiger partial charge in [0.25, 0.3) is 7.82 Å². The van der Waals surface area contributed by atoms with Crippen molar-refractivity contribution in [2.24, 2.45) is 0 Å². The molecule has 0 amide bonds. The Labute approximate surface area is 530 Å². The van der Waals surface area contributed by atoms with E-state index in [-0.39, 0.29) is 26.1 Å². The molecule has 0 aliphatic carbocycles. The molecule has 86 heavy (non-hydrogen) atoms. The Balaban J connectivity index is 4.02. The number of esters is 2. The summed E-state index contributed by atoms with van der Waals surface area (Å²) in [6, 6.07) is 0. The van der Waals surface area contributed by atoms with E-state index in [9.17, 15) is 19.0 Å². The van der Waals surface area contributed by atoms with Gasteiger partial charge in [-0.3, -0.25) is 14.2 Å². The number of quaternary nitrogens is 1. The molecule has 10 heteroatoms. The fourth-order valence-corrected chi connectivity index (χ4v) is 10.1. The lowest BCUT2D eigenvalue weighted by Gasteiger charge is -2.28. The van der Waals surface area contributed by atoms with Crippen LogP contribution in [-0.2, 0) is 32.7 Å². The number of allylic oxidation sites excluding steroid dienone is 22. The van der Waals surface area contributed by atoms with Crippen molar-refractivity contribution in [2.75, 3.05) is 47.5 Å². The van der Waals surface area contributed by atoms with E-state index in [1.165, 1.54) is 154 Å². The summed E-state index contributed by atoms with van der Waals surface area (Å²) >= 11 is 0. The molecule has 2 atom stereocenters. The molecule has 0 radical (unpaired) electrons. The van der Waals surface area contributed by atoms with E-state index in [0.717, 1.165) is 89.9 Å². The summed E-state index contributed by atoms with van der Waals surface area (Å²) in [5.41, 5.74) is 0. The van der Waals surface area contributed by atoms with Crippen LogP contribution in [0.1, 0.15) is 284 Å². The summed E-state index contributed by atoms with van der Waals surface area (Å²) in [6.45, 7) is 3.96. The zero-order valence-corrected chi connectivity index (χ0v) is 56.9. The van der Waals surface area contributed by atoms with Gasteiger partial charge in [-0.25, -0.2) is 0 Å². The molecule has 492 valence electrons. The molecule has 0 aromatic heterocycles. The number of hydrogen-bond acceptors (Lipinski definition) is 8. The Morgan fingerprint density at radius 3 is 0.965 bits per heavy atom. The molecule has 0 N–H and O–H groups in total. The van der Waals surface area contributed by atoms with Crippen LogP contribution in [-0.4, -0.2) is 70.0 Å². The summed E-state index contributed by atoms with van der Waals surface area (Å²) < 4.78 is 34.2. The molecule has 0 aromatic rings. The van der Waals surface area contributed by atoms with Crippen molar-refractivity contribution >= 4 is 19.8 Å². The van der Waals surface area contributed by atoms with Gasteiger partial charge in [0.1, 0.15) is 19.8 Å². The van der Waals surface area contributed by atoms with Gasteiger partial charge in [0.05, 0.1) is 27.7 Å². The highest BCUT2D eigenvalue weighted by Crippen LogP contribution is 2.38. The fourth-order valence-electron chi connectivity index (χ4n) is 9.40. The van der Waals surface area contributed by atoms with E-state index >= 15 is 0 Å². The van der Waals surface area contributed by atoms with Gasteiger partial charge in [0, 0.05) is 12.8 Å². The predicted molar refractivity (Wildman–Crippen MR) is 369 cm³/mol. The standard InChI is InChI=1S/C76H130NO8P/c1-6-8-10-12-14-16-18-20-22-24-26-28-30-31-32-33-34-35-36-37-38-39-40-41-42-43-44-45-47-48-50-52-54-56-58-60-62-64-66-68-75(78)82-72-74(73-84-86(80,81)83-71-70-77(3,4)5)85-76(79)69-67-65-63-61-59-57-55-53-51-49-46-29-27-25-23-21-19-17-15-13-11-9-7-2/h8-11,14-17,20-23,26-29,49,51,55,57,61,63,74H,6-7,12-13,18-19,24-25,30-48,50,52-54,56,58-60,62,64-73H2,1-5H3/b10-8-,11-9-,16-14-,17-15-,22-20-,23-21-,28-26-,29-27-,51-49-,57-55-,63-61-. The minimum Gasteiger partial charge on any atom is -0.756 e. The quantitative estimate of drug-likeness (QED) is 0.0195. The molecule has 0 bridgehead atoms. The van der Waals surface area contributed by atoms with Crippen molar-refractivity contribution in [3.63, 3.8) is 0 Å². The van der Waals surface area contributed by atoms with Gasteiger partial charge in [0.15, 0.2) is 6.10 Å². The molecule has 0 saturated carbocycles. The number of carbonyl (C=O) groups excluding carboxylic acids is 2. The first-order valence-corrected chi connectivity index (χ1v) is 36.4. The maximum atomic E-state index is 12.8. The van der Waals surface area contributed by atoms with Crippen molar-refractivity contribution in [3.05, 3.63) is 134 Å². The van der Waals surface area contributed by atoms with E-state index in [1.54, 1.807) is 0 Å². The lowest BCUT2D eigenvalue weighted by atomic mass is 10.0. The molecule has 0 rings (SSSR count). The third-order valence-electron chi connectivity index (χ3n) is 14.7. The van der Waals surface area contributed by atoms with Gasteiger partial charge in [-0.1, -0.05) is 302 Å². The Kier molecular flexibility index (Phi) is 62.7. The molecular weight excluding hydrogens is 1090 g/mol. The Bertz CT molecular complexity index is 1910. The number of hydrogen-bond donors (Lipinski definition) is 0. The Morgan fingerprint density at radius 2 is 0.640 bits per heavy atom. The number of carbonyl (C=O) groups is 2. The third kappa shape index (κ3) is 69.3. The minimum absolute atomic E-state index is 0.0467. The first-order valence-electron chi connectivity index (χ1n) is 34.9. The van der Waals surface area contributed by atoms with Gasteiger partial charge in [-0.05, 0) is 103 Å². The molecule has 9 nitrogen and oxygen atoms in total. The van der Waals surface area contributed by atoms with Crippen LogP contribution < -0.4 is 4.89 Å². The molecule has 2 unspecified atom stereocenters. The molecule has 0 fully saturated rings. The summed E-state index contributed by atoms with van der Waals surface area (Å²) in [6.07, 6.45) is 95.6. The van der Waals surface area contributed by atoms with Gasteiger partial charge < -0.3 is 27.9 Å². The largest absolute Gasteiger partial charge is 0.756 e. The normalized spacial score (nSPS) is 14.0. The monoisotopic (exact) mass is 1220 g/mol. The average Bonchev–Trinajstić information content (AvgIpc) is 3.56. The van der Waals surface area contributed by atoms with Gasteiger partial charge in [0.2, 0.25) is 0 Å². The third-order valence-corrected chi connectivity index (χ3v) is 15.6. The number of phosphoric ester groups is 1. The van der Waals surface area contributed by atoms with Crippen LogP contribution in [0.3, 0.4) is 0 Å².